The molecule has 0 atom stereocenters. The molecule has 1 saturated heterocycles. The first-order valence-electron chi connectivity index (χ1n) is 7.82. The Morgan fingerprint density at radius 2 is 2.00 bits per heavy atom. The number of anilines is 1. The molecule has 122 valence electrons. The number of likely N-dealkylation sites (N-methyl/N-ethyl adjacent to an activating group) is 2. The summed E-state index contributed by atoms with van der Waals surface area (Å²) in [7, 11) is 3.95. The largest absolute Gasteiger partial charge is 0.354 e. The first kappa shape index (κ1) is 16.6. The van der Waals surface area contributed by atoms with Crippen molar-refractivity contribution in [2.24, 2.45) is 0 Å². The maximum Gasteiger partial charge on any atom is 0.270 e. The second-order valence-electron chi connectivity index (χ2n) is 5.74. The summed E-state index contributed by atoms with van der Waals surface area (Å²) in [4.78, 5) is 27.2. The van der Waals surface area contributed by atoms with Crippen LogP contribution in [-0.4, -0.2) is 85.6 Å². The van der Waals surface area contributed by atoms with Crippen LogP contribution in [0.3, 0.4) is 0 Å². The summed E-state index contributed by atoms with van der Waals surface area (Å²) in [6.45, 7) is 8.62. The number of aromatic nitrogens is 2. The molecule has 1 amide bonds. The number of carbonyl (C=O) groups is 1. The van der Waals surface area contributed by atoms with Gasteiger partial charge in [0.1, 0.15) is 17.8 Å². The van der Waals surface area contributed by atoms with Crippen molar-refractivity contribution in [3.63, 3.8) is 0 Å². The van der Waals surface area contributed by atoms with Gasteiger partial charge in [0.25, 0.3) is 5.91 Å². The highest BCUT2D eigenvalue weighted by atomic mass is 16.1. The molecular weight excluding hydrogens is 280 g/mol. The topological polar surface area (TPSA) is 64.6 Å². The molecule has 1 N–H and O–H groups in total. The van der Waals surface area contributed by atoms with Gasteiger partial charge in [0.15, 0.2) is 0 Å². The van der Waals surface area contributed by atoms with E-state index in [0.717, 1.165) is 45.1 Å². The van der Waals surface area contributed by atoms with E-state index in [2.05, 4.69) is 32.0 Å². The molecule has 0 unspecified atom stereocenters. The van der Waals surface area contributed by atoms with E-state index in [-0.39, 0.29) is 5.91 Å². The van der Waals surface area contributed by atoms with Crippen molar-refractivity contribution in [1.29, 1.82) is 0 Å². The van der Waals surface area contributed by atoms with Crippen LogP contribution in [0, 0.1) is 0 Å². The maximum absolute atomic E-state index is 12.1. The van der Waals surface area contributed by atoms with Crippen molar-refractivity contribution in [2.75, 3.05) is 64.8 Å². The standard InChI is InChI=1S/C15H26N6O/c1-4-20-7-9-21(10-8-20)14-11-13(17-12-18-14)15(22)16-5-6-19(2)3/h11-12H,4-10H2,1-3H3,(H,16,22). The predicted octanol–water partition coefficient (Wildman–Crippen LogP) is -0.0901. The molecule has 1 fully saturated rings. The summed E-state index contributed by atoms with van der Waals surface area (Å²) in [6.07, 6.45) is 1.47. The van der Waals surface area contributed by atoms with Crippen LogP contribution in [0.15, 0.2) is 12.4 Å². The highest BCUT2D eigenvalue weighted by Gasteiger charge is 2.18. The maximum atomic E-state index is 12.1. The Kier molecular flexibility index (Phi) is 6.09. The lowest BCUT2D eigenvalue weighted by molar-refractivity contribution is 0.0946. The zero-order valence-electron chi connectivity index (χ0n) is 13.7. The molecule has 0 radical (unpaired) electrons. The van der Waals surface area contributed by atoms with Gasteiger partial charge in [-0.05, 0) is 20.6 Å². The van der Waals surface area contributed by atoms with Crippen molar-refractivity contribution < 1.29 is 4.79 Å². The van der Waals surface area contributed by atoms with Gasteiger partial charge in [0.05, 0.1) is 0 Å². The van der Waals surface area contributed by atoms with E-state index in [4.69, 9.17) is 0 Å². The molecule has 1 aromatic heterocycles. The fraction of sp³-hybridized carbons (Fsp3) is 0.667. The minimum absolute atomic E-state index is 0.141. The molecule has 22 heavy (non-hydrogen) atoms. The van der Waals surface area contributed by atoms with Crippen LogP contribution in [0.1, 0.15) is 17.4 Å². The van der Waals surface area contributed by atoms with E-state index in [1.165, 1.54) is 6.33 Å². The molecule has 0 spiro atoms. The molecule has 1 aromatic rings. The van der Waals surface area contributed by atoms with Crippen molar-refractivity contribution in [1.82, 2.24) is 25.1 Å². The monoisotopic (exact) mass is 306 g/mol. The smallest absolute Gasteiger partial charge is 0.270 e. The van der Waals surface area contributed by atoms with Gasteiger partial charge in [0.2, 0.25) is 0 Å². The Balaban J connectivity index is 1.93. The minimum atomic E-state index is -0.141. The summed E-state index contributed by atoms with van der Waals surface area (Å²) in [5.74, 6) is 0.696. The number of hydrogen-bond acceptors (Lipinski definition) is 6. The molecule has 2 heterocycles. The number of nitrogens with zero attached hydrogens (tertiary/aromatic N) is 5. The van der Waals surface area contributed by atoms with E-state index in [1.807, 2.05) is 19.0 Å². The van der Waals surface area contributed by atoms with E-state index in [9.17, 15) is 4.79 Å². The van der Waals surface area contributed by atoms with Gasteiger partial charge in [-0.1, -0.05) is 6.92 Å². The van der Waals surface area contributed by atoms with Gasteiger partial charge < -0.3 is 20.0 Å². The van der Waals surface area contributed by atoms with E-state index < -0.39 is 0 Å². The van der Waals surface area contributed by atoms with Gasteiger partial charge in [-0.15, -0.1) is 0 Å². The molecule has 2 rings (SSSR count). The summed E-state index contributed by atoms with van der Waals surface area (Å²) in [5, 5.41) is 2.88. The molecular formula is C15H26N6O. The third kappa shape index (κ3) is 4.64. The summed E-state index contributed by atoms with van der Waals surface area (Å²) < 4.78 is 0. The molecule has 0 aromatic carbocycles. The number of piperazine rings is 1. The molecule has 7 nitrogen and oxygen atoms in total. The average molecular weight is 306 g/mol. The fourth-order valence-corrected chi connectivity index (χ4v) is 2.42. The lowest BCUT2D eigenvalue weighted by Gasteiger charge is -2.34. The van der Waals surface area contributed by atoms with Crippen LogP contribution in [0.2, 0.25) is 0 Å². The van der Waals surface area contributed by atoms with Crippen LogP contribution in [-0.2, 0) is 0 Å². The van der Waals surface area contributed by atoms with Crippen LogP contribution in [0.4, 0.5) is 5.82 Å². The Hall–Kier alpha value is -1.73. The van der Waals surface area contributed by atoms with E-state index >= 15 is 0 Å². The SMILES string of the molecule is CCN1CCN(c2cc(C(=O)NCCN(C)C)ncn2)CC1. The number of hydrogen-bond donors (Lipinski definition) is 1. The van der Waals surface area contributed by atoms with Gasteiger partial charge in [-0.3, -0.25) is 4.79 Å². The van der Waals surface area contributed by atoms with Crippen molar-refractivity contribution in [3.8, 4) is 0 Å². The van der Waals surface area contributed by atoms with Crippen LogP contribution in [0.5, 0.6) is 0 Å². The van der Waals surface area contributed by atoms with Gasteiger partial charge >= 0.3 is 0 Å². The Labute approximate surface area is 132 Å². The third-order valence-electron chi connectivity index (χ3n) is 3.87. The molecule has 0 bridgehead atoms. The van der Waals surface area contributed by atoms with Crippen LogP contribution < -0.4 is 10.2 Å². The molecule has 0 saturated carbocycles. The second kappa shape index (κ2) is 8.05. The highest BCUT2D eigenvalue weighted by Crippen LogP contribution is 2.13. The summed E-state index contributed by atoms with van der Waals surface area (Å²) >= 11 is 0. The van der Waals surface area contributed by atoms with Gasteiger partial charge in [-0.25, -0.2) is 9.97 Å². The zero-order valence-corrected chi connectivity index (χ0v) is 13.7. The molecule has 0 aliphatic carbocycles. The second-order valence-corrected chi connectivity index (χ2v) is 5.74. The molecule has 1 aliphatic heterocycles. The minimum Gasteiger partial charge on any atom is -0.354 e. The lowest BCUT2D eigenvalue weighted by atomic mass is 10.3. The lowest BCUT2D eigenvalue weighted by Crippen LogP contribution is -2.46. The average Bonchev–Trinajstić information content (AvgIpc) is 2.54. The number of nitrogens with one attached hydrogen (secondary N) is 1. The summed E-state index contributed by atoms with van der Waals surface area (Å²) in [6, 6.07) is 1.78. The Bertz CT molecular complexity index is 485. The Morgan fingerprint density at radius 3 is 2.64 bits per heavy atom. The summed E-state index contributed by atoms with van der Waals surface area (Å²) in [5.41, 5.74) is 0.432. The third-order valence-corrected chi connectivity index (χ3v) is 3.87. The quantitative estimate of drug-likeness (QED) is 0.792. The van der Waals surface area contributed by atoms with Crippen LogP contribution in [0.25, 0.3) is 0 Å². The fourth-order valence-electron chi connectivity index (χ4n) is 2.42. The van der Waals surface area contributed by atoms with Gasteiger partial charge in [-0.2, -0.15) is 0 Å². The van der Waals surface area contributed by atoms with E-state index in [0.29, 0.717) is 12.2 Å². The first-order chi connectivity index (χ1) is 10.6. The normalized spacial score (nSPS) is 16.1. The first-order valence-corrected chi connectivity index (χ1v) is 7.82. The number of amides is 1. The molecule has 7 heteroatoms. The Morgan fingerprint density at radius 1 is 1.27 bits per heavy atom. The van der Waals surface area contributed by atoms with Crippen molar-refractivity contribution in [3.05, 3.63) is 18.1 Å². The highest BCUT2D eigenvalue weighted by molar-refractivity contribution is 5.92. The zero-order chi connectivity index (χ0) is 15.9. The molecule has 1 aliphatic rings. The number of carbonyl (C=O) groups excluding carboxylic acids is 1. The van der Waals surface area contributed by atoms with E-state index in [1.54, 1.807) is 6.07 Å². The van der Waals surface area contributed by atoms with Gasteiger partial charge in [0, 0.05) is 45.3 Å². The predicted molar refractivity (Wildman–Crippen MR) is 87.2 cm³/mol. The van der Waals surface area contributed by atoms with Crippen LogP contribution >= 0.6 is 0 Å². The number of rotatable bonds is 6. The van der Waals surface area contributed by atoms with Crippen molar-refractivity contribution >= 4 is 11.7 Å². The van der Waals surface area contributed by atoms with Crippen molar-refractivity contribution in [2.45, 2.75) is 6.92 Å².